The van der Waals surface area contributed by atoms with Gasteiger partial charge in [-0.25, -0.2) is 0 Å². The monoisotopic (exact) mass is 365 g/mol. The maximum atomic E-state index is 12.5. The van der Waals surface area contributed by atoms with E-state index in [0.717, 1.165) is 18.6 Å². The normalized spacial score (nSPS) is 15.3. The van der Waals surface area contributed by atoms with Crippen LogP contribution < -0.4 is 4.74 Å². The predicted octanol–water partition coefficient (Wildman–Crippen LogP) is 4.38. The number of carbonyl (C=O) groups excluding carboxylic acids is 1. The van der Waals surface area contributed by atoms with Gasteiger partial charge < -0.3 is 14.7 Å². The van der Waals surface area contributed by atoms with Crippen molar-refractivity contribution in [1.82, 2.24) is 4.90 Å². The molecule has 0 unspecified atom stereocenters. The first kappa shape index (κ1) is 16.9. The standard InChI is InChI=1S/C18H17Cl2NO3/c19-12-1-4-14(5-2-12)24-15-7-9-21(10-8-15)18(23)16-6-3-13(22)11-17(16)20/h1-6,11,15,22H,7-10H2. The third-order valence-corrected chi connectivity index (χ3v) is 4.59. The number of halogens is 2. The molecule has 6 heteroatoms. The molecule has 1 heterocycles. The number of hydrogen-bond donors (Lipinski definition) is 1. The van der Waals surface area contributed by atoms with Gasteiger partial charge >= 0.3 is 0 Å². The number of nitrogens with zero attached hydrogens (tertiary/aromatic N) is 1. The Morgan fingerprint density at radius 3 is 2.38 bits per heavy atom. The van der Waals surface area contributed by atoms with E-state index in [4.69, 9.17) is 27.9 Å². The van der Waals surface area contributed by atoms with Crippen molar-refractivity contribution >= 4 is 29.1 Å². The average molecular weight is 366 g/mol. The largest absolute Gasteiger partial charge is 0.508 e. The fourth-order valence-corrected chi connectivity index (χ4v) is 3.11. The van der Waals surface area contributed by atoms with E-state index in [-0.39, 0.29) is 22.8 Å². The molecule has 2 aromatic carbocycles. The minimum absolute atomic E-state index is 0.0478. The predicted molar refractivity (Wildman–Crippen MR) is 94.1 cm³/mol. The molecular weight excluding hydrogens is 349 g/mol. The highest BCUT2D eigenvalue weighted by Crippen LogP contribution is 2.25. The number of amides is 1. The first-order valence-corrected chi connectivity index (χ1v) is 8.48. The van der Waals surface area contributed by atoms with E-state index in [1.807, 2.05) is 12.1 Å². The van der Waals surface area contributed by atoms with E-state index in [1.165, 1.54) is 12.1 Å². The summed E-state index contributed by atoms with van der Waals surface area (Å²) in [6, 6.07) is 11.7. The molecule has 0 radical (unpaired) electrons. The topological polar surface area (TPSA) is 49.8 Å². The van der Waals surface area contributed by atoms with Crippen molar-refractivity contribution in [3.63, 3.8) is 0 Å². The van der Waals surface area contributed by atoms with Gasteiger partial charge in [0.2, 0.25) is 0 Å². The highest BCUT2D eigenvalue weighted by molar-refractivity contribution is 6.34. The highest BCUT2D eigenvalue weighted by atomic mass is 35.5. The summed E-state index contributed by atoms with van der Waals surface area (Å²) in [5, 5.41) is 10.3. The van der Waals surface area contributed by atoms with E-state index < -0.39 is 0 Å². The van der Waals surface area contributed by atoms with Crippen LogP contribution in [-0.4, -0.2) is 35.1 Å². The zero-order valence-corrected chi connectivity index (χ0v) is 14.4. The fourth-order valence-electron chi connectivity index (χ4n) is 2.73. The molecule has 0 saturated carbocycles. The van der Waals surface area contributed by atoms with Gasteiger partial charge in [-0.05, 0) is 42.5 Å². The van der Waals surface area contributed by atoms with Crippen LogP contribution in [0.3, 0.4) is 0 Å². The zero-order chi connectivity index (χ0) is 17.1. The summed E-state index contributed by atoms with van der Waals surface area (Å²) in [5.74, 6) is 0.710. The second-order valence-electron chi connectivity index (χ2n) is 5.73. The Balaban J connectivity index is 1.58. The average Bonchev–Trinajstić information content (AvgIpc) is 2.57. The molecule has 4 nitrogen and oxygen atoms in total. The molecule has 1 aliphatic rings. The number of rotatable bonds is 3. The van der Waals surface area contributed by atoms with Crippen molar-refractivity contribution in [2.75, 3.05) is 13.1 Å². The highest BCUT2D eigenvalue weighted by Gasteiger charge is 2.25. The summed E-state index contributed by atoms with van der Waals surface area (Å²) in [5.41, 5.74) is 0.409. The fraction of sp³-hybridized carbons (Fsp3) is 0.278. The zero-order valence-electron chi connectivity index (χ0n) is 12.9. The number of ether oxygens (including phenoxy) is 1. The second kappa shape index (κ2) is 7.32. The number of benzene rings is 2. The molecule has 0 aromatic heterocycles. The maximum absolute atomic E-state index is 12.5. The summed E-state index contributed by atoms with van der Waals surface area (Å²) in [6.45, 7) is 1.21. The Hall–Kier alpha value is -1.91. The van der Waals surface area contributed by atoms with E-state index in [9.17, 15) is 9.90 Å². The van der Waals surface area contributed by atoms with Crippen LogP contribution in [0.25, 0.3) is 0 Å². The van der Waals surface area contributed by atoms with Crippen LogP contribution in [-0.2, 0) is 0 Å². The summed E-state index contributed by atoms with van der Waals surface area (Å²) < 4.78 is 5.93. The molecule has 1 saturated heterocycles. The lowest BCUT2D eigenvalue weighted by atomic mass is 10.1. The van der Waals surface area contributed by atoms with Gasteiger partial charge in [-0.1, -0.05) is 23.2 Å². The van der Waals surface area contributed by atoms with Gasteiger partial charge in [0.15, 0.2) is 0 Å². The molecule has 1 N–H and O–H groups in total. The molecule has 24 heavy (non-hydrogen) atoms. The van der Waals surface area contributed by atoms with E-state index in [1.54, 1.807) is 23.1 Å². The van der Waals surface area contributed by atoms with Gasteiger partial charge in [0.05, 0.1) is 10.6 Å². The summed E-state index contributed by atoms with van der Waals surface area (Å²) in [4.78, 5) is 14.3. The first-order chi connectivity index (χ1) is 11.5. The third kappa shape index (κ3) is 3.94. The Morgan fingerprint density at radius 1 is 1.08 bits per heavy atom. The van der Waals surface area contributed by atoms with Crippen LogP contribution in [0.1, 0.15) is 23.2 Å². The summed E-state index contributed by atoms with van der Waals surface area (Å²) >= 11 is 11.9. The van der Waals surface area contributed by atoms with Crippen molar-refractivity contribution in [3.8, 4) is 11.5 Å². The second-order valence-corrected chi connectivity index (χ2v) is 6.57. The SMILES string of the molecule is O=C(c1ccc(O)cc1Cl)N1CCC(Oc2ccc(Cl)cc2)CC1. The van der Waals surface area contributed by atoms with Crippen molar-refractivity contribution in [3.05, 3.63) is 58.1 Å². The van der Waals surface area contributed by atoms with Gasteiger partial charge in [0.25, 0.3) is 5.91 Å². The number of aromatic hydroxyl groups is 1. The molecule has 0 atom stereocenters. The minimum Gasteiger partial charge on any atom is -0.508 e. The summed E-state index contributed by atoms with van der Waals surface area (Å²) in [6.07, 6.45) is 1.58. The van der Waals surface area contributed by atoms with Gasteiger partial charge in [-0.15, -0.1) is 0 Å². The number of likely N-dealkylation sites (tertiary alicyclic amines) is 1. The molecule has 0 spiro atoms. The van der Waals surface area contributed by atoms with E-state index in [0.29, 0.717) is 23.7 Å². The van der Waals surface area contributed by atoms with Crippen LogP contribution >= 0.6 is 23.2 Å². The Morgan fingerprint density at radius 2 is 1.75 bits per heavy atom. The van der Waals surface area contributed by atoms with E-state index in [2.05, 4.69) is 0 Å². The van der Waals surface area contributed by atoms with Crippen molar-refractivity contribution in [2.45, 2.75) is 18.9 Å². The summed E-state index contributed by atoms with van der Waals surface area (Å²) in [7, 11) is 0. The van der Waals surface area contributed by atoms with Crippen LogP contribution in [0.15, 0.2) is 42.5 Å². The number of piperidine rings is 1. The third-order valence-electron chi connectivity index (χ3n) is 4.03. The molecule has 1 aliphatic heterocycles. The molecule has 2 aromatic rings. The Bertz CT molecular complexity index is 726. The van der Waals surface area contributed by atoms with Gasteiger partial charge in [-0.2, -0.15) is 0 Å². The number of carbonyl (C=O) groups is 1. The lowest BCUT2D eigenvalue weighted by molar-refractivity contribution is 0.0596. The molecular formula is C18H17Cl2NO3. The van der Waals surface area contributed by atoms with Crippen molar-refractivity contribution in [1.29, 1.82) is 0 Å². The van der Waals surface area contributed by atoms with Crippen molar-refractivity contribution < 1.29 is 14.6 Å². The molecule has 126 valence electrons. The molecule has 3 rings (SSSR count). The Labute approximate surface area is 150 Å². The molecule has 1 fully saturated rings. The number of hydrogen-bond acceptors (Lipinski definition) is 3. The number of phenolic OH excluding ortho intramolecular Hbond substituents is 1. The van der Waals surface area contributed by atoms with Gasteiger partial charge in [-0.3, -0.25) is 4.79 Å². The lowest BCUT2D eigenvalue weighted by Gasteiger charge is -2.32. The molecule has 1 amide bonds. The Kier molecular flexibility index (Phi) is 5.17. The van der Waals surface area contributed by atoms with Gasteiger partial charge in [0.1, 0.15) is 17.6 Å². The van der Waals surface area contributed by atoms with Gasteiger partial charge in [0, 0.05) is 31.0 Å². The van der Waals surface area contributed by atoms with Crippen LogP contribution in [0.2, 0.25) is 10.0 Å². The first-order valence-electron chi connectivity index (χ1n) is 7.73. The minimum atomic E-state index is -0.120. The van der Waals surface area contributed by atoms with E-state index >= 15 is 0 Å². The van der Waals surface area contributed by atoms with Crippen LogP contribution in [0, 0.1) is 0 Å². The maximum Gasteiger partial charge on any atom is 0.255 e. The molecule has 0 aliphatic carbocycles. The quantitative estimate of drug-likeness (QED) is 0.877. The van der Waals surface area contributed by atoms with Crippen molar-refractivity contribution in [2.24, 2.45) is 0 Å². The van der Waals surface area contributed by atoms with Crippen LogP contribution in [0.5, 0.6) is 11.5 Å². The van der Waals surface area contributed by atoms with Crippen LogP contribution in [0.4, 0.5) is 0 Å². The number of phenols is 1. The molecule has 0 bridgehead atoms. The lowest BCUT2D eigenvalue weighted by Crippen LogP contribution is -2.41. The smallest absolute Gasteiger partial charge is 0.255 e.